The van der Waals surface area contributed by atoms with Crippen LogP contribution in [-0.4, -0.2) is 46.6 Å². The van der Waals surface area contributed by atoms with Crippen molar-refractivity contribution in [3.63, 3.8) is 0 Å². The van der Waals surface area contributed by atoms with Crippen molar-refractivity contribution in [2.45, 2.75) is 39.8 Å². The fourth-order valence-electron chi connectivity index (χ4n) is 2.13. The normalized spacial score (nSPS) is 11.7. The van der Waals surface area contributed by atoms with Crippen molar-refractivity contribution in [3.8, 4) is 12.3 Å². The molecule has 0 saturated carbocycles. The lowest BCUT2D eigenvalue weighted by molar-refractivity contribution is -0.135. The molecule has 2 N–H and O–H groups in total. The van der Waals surface area contributed by atoms with E-state index in [2.05, 4.69) is 25.9 Å². The minimum absolute atomic E-state index is 0.0705. The van der Waals surface area contributed by atoms with Crippen molar-refractivity contribution in [2.75, 3.05) is 13.7 Å². The van der Waals surface area contributed by atoms with Gasteiger partial charge in [-0.05, 0) is 12.3 Å². The average molecular weight is 320 g/mol. The molecule has 1 atom stereocenters. The van der Waals surface area contributed by atoms with Gasteiger partial charge in [0.1, 0.15) is 17.6 Å². The van der Waals surface area contributed by atoms with Gasteiger partial charge < -0.3 is 19.9 Å². The fraction of sp³-hybridized carbons (Fsp3) is 0.562. The molecule has 1 rings (SSSR count). The standard InChI is InChI=1S/C16H24N4O3/c1-6-8-20(10-13-17-9-12(7-2)18-13)15(21)14(11(3)4)19-16(22)23-5/h2,9,11,14H,6,8,10H2,1,3-5H3,(H,17,18)(H,19,22). The molecule has 1 heterocycles. The number of terminal acetylenes is 1. The number of H-pyrrole nitrogens is 1. The first-order valence-corrected chi connectivity index (χ1v) is 7.56. The van der Waals surface area contributed by atoms with Crippen molar-refractivity contribution < 1.29 is 14.3 Å². The summed E-state index contributed by atoms with van der Waals surface area (Å²) in [7, 11) is 1.27. The van der Waals surface area contributed by atoms with Crippen molar-refractivity contribution in [3.05, 3.63) is 17.7 Å². The highest BCUT2D eigenvalue weighted by Gasteiger charge is 2.29. The molecular weight excluding hydrogens is 296 g/mol. The molecule has 2 amide bonds. The van der Waals surface area contributed by atoms with E-state index in [9.17, 15) is 9.59 Å². The van der Waals surface area contributed by atoms with Crippen LogP contribution in [0.2, 0.25) is 0 Å². The average Bonchev–Trinajstić information content (AvgIpc) is 2.98. The Hall–Kier alpha value is -2.49. The third-order valence-corrected chi connectivity index (χ3v) is 3.32. The predicted molar refractivity (Wildman–Crippen MR) is 86.4 cm³/mol. The molecule has 7 heteroatoms. The molecule has 0 radical (unpaired) electrons. The van der Waals surface area contributed by atoms with Gasteiger partial charge in [0.15, 0.2) is 0 Å². The number of alkyl carbamates (subject to hydrolysis) is 1. The van der Waals surface area contributed by atoms with Gasteiger partial charge in [0, 0.05) is 6.54 Å². The Morgan fingerprint density at radius 3 is 2.70 bits per heavy atom. The second-order valence-electron chi connectivity index (χ2n) is 5.51. The molecule has 1 unspecified atom stereocenters. The molecule has 0 saturated heterocycles. The highest BCUT2D eigenvalue weighted by atomic mass is 16.5. The van der Waals surface area contributed by atoms with Gasteiger partial charge in [-0.2, -0.15) is 0 Å². The fourth-order valence-corrected chi connectivity index (χ4v) is 2.13. The van der Waals surface area contributed by atoms with Crippen LogP contribution in [0.4, 0.5) is 4.79 Å². The third kappa shape index (κ3) is 5.33. The lowest BCUT2D eigenvalue weighted by Crippen LogP contribution is -2.51. The number of imidazole rings is 1. The monoisotopic (exact) mass is 320 g/mol. The van der Waals surface area contributed by atoms with Crippen LogP contribution in [0, 0.1) is 18.3 Å². The molecule has 0 aliphatic carbocycles. The summed E-state index contributed by atoms with van der Waals surface area (Å²) in [6, 6.07) is -0.656. The maximum Gasteiger partial charge on any atom is 0.407 e. The van der Waals surface area contributed by atoms with Gasteiger partial charge in [-0.25, -0.2) is 9.78 Å². The summed E-state index contributed by atoms with van der Waals surface area (Å²) in [5.74, 6) is 2.83. The topological polar surface area (TPSA) is 87.3 Å². The molecule has 0 fully saturated rings. The van der Waals surface area contributed by atoms with E-state index in [0.717, 1.165) is 6.42 Å². The van der Waals surface area contributed by atoms with Crippen LogP contribution in [0.15, 0.2) is 6.20 Å². The SMILES string of the molecule is C#Cc1cnc(CN(CCC)C(=O)C(NC(=O)OC)C(C)C)[nH]1. The van der Waals surface area contributed by atoms with E-state index in [0.29, 0.717) is 24.6 Å². The number of hydrogen-bond donors (Lipinski definition) is 2. The van der Waals surface area contributed by atoms with Crippen molar-refractivity contribution in [1.29, 1.82) is 0 Å². The summed E-state index contributed by atoms with van der Waals surface area (Å²) < 4.78 is 4.60. The van der Waals surface area contributed by atoms with Crippen LogP contribution in [0.5, 0.6) is 0 Å². The van der Waals surface area contributed by atoms with Crippen LogP contribution < -0.4 is 5.32 Å². The number of nitrogens with zero attached hydrogens (tertiary/aromatic N) is 2. The van der Waals surface area contributed by atoms with Gasteiger partial charge in [-0.3, -0.25) is 4.79 Å². The van der Waals surface area contributed by atoms with Gasteiger partial charge in [-0.15, -0.1) is 6.42 Å². The number of amides is 2. The predicted octanol–water partition coefficient (Wildman–Crippen LogP) is 1.51. The molecule has 1 aromatic heterocycles. The molecule has 1 aromatic rings. The smallest absolute Gasteiger partial charge is 0.407 e. The van der Waals surface area contributed by atoms with Crippen molar-refractivity contribution >= 4 is 12.0 Å². The van der Waals surface area contributed by atoms with E-state index >= 15 is 0 Å². The number of methoxy groups -OCH3 is 1. The van der Waals surface area contributed by atoms with Gasteiger partial charge in [0.2, 0.25) is 5.91 Å². The van der Waals surface area contributed by atoms with Crippen LogP contribution in [0.3, 0.4) is 0 Å². The molecule has 0 aliphatic rings. The third-order valence-electron chi connectivity index (χ3n) is 3.32. The van der Waals surface area contributed by atoms with Gasteiger partial charge in [0.25, 0.3) is 0 Å². The summed E-state index contributed by atoms with van der Waals surface area (Å²) in [5.41, 5.74) is 0.567. The van der Waals surface area contributed by atoms with Crippen LogP contribution in [0.1, 0.15) is 38.7 Å². The van der Waals surface area contributed by atoms with Gasteiger partial charge in [-0.1, -0.05) is 26.7 Å². The first-order valence-electron chi connectivity index (χ1n) is 7.56. The number of carbonyl (C=O) groups excluding carboxylic acids is 2. The van der Waals surface area contributed by atoms with E-state index in [-0.39, 0.29) is 11.8 Å². The Labute approximate surface area is 136 Å². The number of rotatable bonds is 7. The molecule has 0 bridgehead atoms. The van der Waals surface area contributed by atoms with E-state index in [1.807, 2.05) is 20.8 Å². The lowest BCUT2D eigenvalue weighted by Gasteiger charge is -2.28. The summed E-state index contributed by atoms with van der Waals surface area (Å²) in [4.78, 5) is 33.0. The van der Waals surface area contributed by atoms with E-state index in [4.69, 9.17) is 6.42 Å². The van der Waals surface area contributed by atoms with E-state index in [1.165, 1.54) is 7.11 Å². The molecular formula is C16H24N4O3. The number of aromatic nitrogens is 2. The molecule has 126 valence electrons. The zero-order valence-corrected chi connectivity index (χ0v) is 14.0. The van der Waals surface area contributed by atoms with Crippen molar-refractivity contribution in [1.82, 2.24) is 20.2 Å². The minimum atomic E-state index is -0.656. The number of carbonyl (C=O) groups is 2. The quantitative estimate of drug-likeness (QED) is 0.746. The van der Waals surface area contributed by atoms with Gasteiger partial charge >= 0.3 is 6.09 Å². The van der Waals surface area contributed by atoms with Crippen LogP contribution in [0.25, 0.3) is 0 Å². The Morgan fingerprint density at radius 1 is 1.52 bits per heavy atom. The summed E-state index contributed by atoms with van der Waals surface area (Å²) in [5, 5.41) is 2.59. The van der Waals surface area contributed by atoms with E-state index in [1.54, 1.807) is 11.1 Å². The Morgan fingerprint density at radius 2 is 2.22 bits per heavy atom. The summed E-state index contributed by atoms with van der Waals surface area (Å²) in [6.45, 7) is 6.57. The highest BCUT2D eigenvalue weighted by Crippen LogP contribution is 2.10. The summed E-state index contributed by atoms with van der Waals surface area (Å²) in [6.07, 6.45) is 7.02. The number of hydrogen-bond acceptors (Lipinski definition) is 4. The molecule has 0 aliphatic heterocycles. The largest absolute Gasteiger partial charge is 0.453 e. The van der Waals surface area contributed by atoms with Crippen LogP contribution in [-0.2, 0) is 16.1 Å². The van der Waals surface area contributed by atoms with E-state index < -0.39 is 12.1 Å². The Bertz CT molecular complexity index is 574. The first-order chi connectivity index (χ1) is 10.9. The summed E-state index contributed by atoms with van der Waals surface area (Å²) >= 11 is 0. The molecule has 7 nitrogen and oxygen atoms in total. The lowest BCUT2D eigenvalue weighted by atomic mass is 10.0. The zero-order valence-electron chi connectivity index (χ0n) is 14.0. The van der Waals surface area contributed by atoms with Crippen molar-refractivity contribution in [2.24, 2.45) is 5.92 Å². The second kappa shape index (κ2) is 8.83. The Kier molecular flexibility index (Phi) is 7.13. The highest BCUT2D eigenvalue weighted by molar-refractivity contribution is 5.85. The maximum absolute atomic E-state index is 12.8. The number of ether oxygens (including phenoxy) is 1. The van der Waals surface area contributed by atoms with Gasteiger partial charge in [0.05, 0.1) is 19.9 Å². The minimum Gasteiger partial charge on any atom is -0.453 e. The Balaban J connectivity index is 2.89. The maximum atomic E-state index is 12.8. The first kappa shape index (κ1) is 18.6. The van der Waals surface area contributed by atoms with Crippen LogP contribution >= 0.6 is 0 Å². The molecule has 0 aromatic carbocycles. The molecule has 23 heavy (non-hydrogen) atoms. The number of aromatic amines is 1. The molecule has 0 spiro atoms. The second-order valence-corrected chi connectivity index (χ2v) is 5.51. The number of nitrogens with one attached hydrogen (secondary N) is 2. The zero-order chi connectivity index (χ0) is 17.4.